The molecule has 0 aliphatic rings. The molecule has 0 heterocycles. The van der Waals surface area contributed by atoms with Crippen LogP contribution in [0.1, 0.15) is 12.0 Å². The molecule has 0 amide bonds. The van der Waals surface area contributed by atoms with Gasteiger partial charge in [-0.15, -0.1) is 0 Å². The van der Waals surface area contributed by atoms with E-state index in [0.717, 1.165) is 24.5 Å². The quantitative estimate of drug-likeness (QED) is 0.373. The summed E-state index contributed by atoms with van der Waals surface area (Å²) in [5.74, 6) is 0.905. The summed E-state index contributed by atoms with van der Waals surface area (Å²) in [5, 5.41) is 3.26. The van der Waals surface area contributed by atoms with Crippen LogP contribution in [0.2, 0.25) is 0 Å². The van der Waals surface area contributed by atoms with Crippen molar-refractivity contribution in [3.8, 4) is 5.75 Å². The van der Waals surface area contributed by atoms with Gasteiger partial charge in [-0.1, -0.05) is 12.1 Å². The zero-order valence-electron chi connectivity index (χ0n) is 15.0. The predicted molar refractivity (Wildman–Crippen MR) is 93.2 cm³/mol. The summed E-state index contributed by atoms with van der Waals surface area (Å²) < 4.78 is 38.9. The van der Waals surface area contributed by atoms with Crippen molar-refractivity contribution in [1.82, 2.24) is 10.2 Å². The first-order chi connectivity index (χ1) is 12.1. The number of nitrogens with zero attached hydrogens (tertiary/aromatic N) is 2. The molecular weight excluding hydrogens is 332 g/mol. The highest BCUT2D eigenvalue weighted by Gasteiger charge is 2.08. The van der Waals surface area contributed by atoms with E-state index in [2.05, 4.69) is 15.0 Å². The molecule has 142 valence electrons. The Morgan fingerprint density at radius 1 is 1.20 bits per heavy atom. The van der Waals surface area contributed by atoms with E-state index in [1.807, 2.05) is 11.9 Å². The molecule has 0 atom stereocenters. The molecule has 0 saturated carbocycles. The highest BCUT2D eigenvalue weighted by Crippen LogP contribution is 2.15. The van der Waals surface area contributed by atoms with Crippen LogP contribution in [-0.4, -0.2) is 65.0 Å². The van der Waals surface area contributed by atoms with Gasteiger partial charge >= 0.3 is 6.61 Å². The predicted octanol–water partition coefficient (Wildman–Crippen LogP) is 2.35. The van der Waals surface area contributed by atoms with Gasteiger partial charge in [-0.3, -0.25) is 4.99 Å². The van der Waals surface area contributed by atoms with Gasteiger partial charge in [-0.2, -0.15) is 8.78 Å². The van der Waals surface area contributed by atoms with Crippen LogP contribution in [0, 0.1) is 0 Å². The SMILES string of the molecule is CN=C(NCCCOCCOC)N(C)Cc1ccc(OC(F)F)cc1. The van der Waals surface area contributed by atoms with Crippen LogP contribution in [-0.2, 0) is 16.0 Å². The topological polar surface area (TPSA) is 55.3 Å². The molecule has 1 N–H and O–H groups in total. The molecule has 0 aliphatic carbocycles. The lowest BCUT2D eigenvalue weighted by Crippen LogP contribution is -2.39. The average molecular weight is 359 g/mol. The van der Waals surface area contributed by atoms with Crippen LogP contribution in [0.5, 0.6) is 5.75 Å². The number of hydrogen-bond acceptors (Lipinski definition) is 4. The van der Waals surface area contributed by atoms with E-state index in [1.54, 1.807) is 26.3 Å². The average Bonchev–Trinajstić information content (AvgIpc) is 2.58. The number of halogens is 2. The number of methoxy groups -OCH3 is 1. The Kier molecular flexibility index (Phi) is 10.5. The lowest BCUT2D eigenvalue weighted by atomic mass is 10.2. The summed E-state index contributed by atoms with van der Waals surface area (Å²) in [4.78, 5) is 6.19. The first-order valence-corrected chi connectivity index (χ1v) is 8.09. The number of nitrogens with one attached hydrogen (secondary N) is 1. The van der Waals surface area contributed by atoms with Gasteiger partial charge in [0.15, 0.2) is 5.96 Å². The van der Waals surface area contributed by atoms with Crippen molar-refractivity contribution < 1.29 is 23.0 Å². The Balaban J connectivity index is 2.34. The fourth-order valence-electron chi connectivity index (χ4n) is 2.13. The maximum atomic E-state index is 12.1. The number of hydrogen-bond donors (Lipinski definition) is 1. The third-order valence-electron chi connectivity index (χ3n) is 3.32. The van der Waals surface area contributed by atoms with Crippen molar-refractivity contribution in [1.29, 1.82) is 0 Å². The Morgan fingerprint density at radius 3 is 2.52 bits per heavy atom. The normalized spacial score (nSPS) is 11.7. The van der Waals surface area contributed by atoms with E-state index in [4.69, 9.17) is 9.47 Å². The minimum absolute atomic E-state index is 0.150. The minimum atomic E-state index is -2.81. The molecule has 8 heteroatoms. The molecule has 0 aromatic heterocycles. The molecule has 6 nitrogen and oxygen atoms in total. The fourth-order valence-corrected chi connectivity index (χ4v) is 2.13. The molecule has 0 saturated heterocycles. The molecule has 0 radical (unpaired) electrons. The van der Waals surface area contributed by atoms with Crippen molar-refractivity contribution in [2.24, 2.45) is 4.99 Å². The van der Waals surface area contributed by atoms with E-state index in [0.29, 0.717) is 26.4 Å². The van der Waals surface area contributed by atoms with Gasteiger partial charge in [-0.05, 0) is 24.1 Å². The lowest BCUT2D eigenvalue weighted by molar-refractivity contribution is -0.0498. The zero-order chi connectivity index (χ0) is 18.5. The van der Waals surface area contributed by atoms with Crippen molar-refractivity contribution in [2.45, 2.75) is 19.6 Å². The van der Waals surface area contributed by atoms with E-state index < -0.39 is 6.61 Å². The van der Waals surface area contributed by atoms with Crippen LogP contribution < -0.4 is 10.1 Å². The molecule has 25 heavy (non-hydrogen) atoms. The van der Waals surface area contributed by atoms with Crippen molar-refractivity contribution in [3.63, 3.8) is 0 Å². The highest BCUT2D eigenvalue weighted by atomic mass is 19.3. The smallest absolute Gasteiger partial charge is 0.387 e. The Morgan fingerprint density at radius 2 is 1.92 bits per heavy atom. The summed E-state index contributed by atoms with van der Waals surface area (Å²) >= 11 is 0. The monoisotopic (exact) mass is 359 g/mol. The highest BCUT2D eigenvalue weighted by molar-refractivity contribution is 5.79. The standard InChI is InChI=1S/C17H27F2N3O3/c1-20-17(21-9-4-10-24-12-11-23-3)22(2)13-14-5-7-15(8-6-14)25-16(18)19/h5-8,16H,4,9-13H2,1-3H3,(H,20,21). The molecule has 0 fully saturated rings. The first-order valence-electron chi connectivity index (χ1n) is 8.09. The van der Waals surface area contributed by atoms with Crippen LogP contribution in [0.4, 0.5) is 8.78 Å². The van der Waals surface area contributed by atoms with Crippen molar-refractivity contribution in [3.05, 3.63) is 29.8 Å². The second-order valence-corrected chi connectivity index (χ2v) is 5.31. The van der Waals surface area contributed by atoms with Gasteiger partial charge in [0, 0.05) is 40.9 Å². The number of ether oxygens (including phenoxy) is 3. The Bertz CT molecular complexity index is 498. The van der Waals surface area contributed by atoms with Crippen LogP contribution >= 0.6 is 0 Å². The number of guanidine groups is 1. The largest absolute Gasteiger partial charge is 0.435 e. The second kappa shape index (κ2) is 12.4. The molecule has 1 aromatic rings. The molecule has 0 spiro atoms. The minimum Gasteiger partial charge on any atom is -0.435 e. The number of aliphatic imine (C=N–C) groups is 1. The summed E-state index contributed by atoms with van der Waals surface area (Å²) in [6, 6.07) is 6.57. The fraction of sp³-hybridized carbons (Fsp3) is 0.588. The maximum absolute atomic E-state index is 12.1. The summed E-state index contributed by atoms with van der Waals surface area (Å²) in [7, 11) is 5.27. The van der Waals surface area contributed by atoms with Gasteiger partial charge in [0.25, 0.3) is 0 Å². The Hall–Kier alpha value is -1.93. The van der Waals surface area contributed by atoms with Gasteiger partial charge in [-0.25, -0.2) is 0 Å². The van der Waals surface area contributed by atoms with Crippen molar-refractivity contribution >= 4 is 5.96 Å². The number of benzene rings is 1. The van der Waals surface area contributed by atoms with Crippen molar-refractivity contribution in [2.75, 3.05) is 47.6 Å². The lowest BCUT2D eigenvalue weighted by Gasteiger charge is -2.22. The number of alkyl halides is 2. The van der Waals surface area contributed by atoms with Crippen LogP contribution in [0.25, 0.3) is 0 Å². The molecular formula is C17H27F2N3O3. The second-order valence-electron chi connectivity index (χ2n) is 5.31. The maximum Gasteiger partial charge on any atom is 0.387 e. The van der Waals surface area contributed by atoms with Gasteiger partial charge < -0.3 is 24.4 Å². The molecule has 0 bridgehead atoms. The summed E-state index contributed by atoms with van der Waals surface area (Å²) in [6.07, 6.45) is 0.857. The van der Waals surface area contributed by atoms with E-state index in [9.17, 15) is 8.78 Å². The summed E-state index contributed by atoms with van der Waals surface area (Å²) in [5.41, 5.74) is 0.968. The Labute approximate surface area is 147 Å². The van der Waals surface area contributed by atoms with Crippen LogP contribution in [0.3, 0.4) is 0 Å². The first kappa shape index (κ1) is 21.1. The van der Waals surface area contributed by atoms with Crippen LogP contribution in [0.15, 0.2) is 29.3 Å². The van der Waals surface area contributed by atoms with E-state index in [1.165, 1.54) is 12.1 Å². The zero-order valence-corrected chi connectivity index (χ0v) is 15.0. The van der Waals surface area contributed by atoms with E-state index >= 15 is 0 Å². The third kappa shape index (κ3) is 9.21. The van der Waals surface area contributed by atoms with Gasteiger partial charge in [0.05, 0.1) is 13.2 Å². The molecule has 1 aromatic carbocycles. The third-order valence-corrected chi connectivity index (χ3v) is 3.32. The molecule has 0 aliphatic heterocycles. The molecule has 0 unspecified atom stereocenters. The molecule has 1 rings (SSSR count). The van der Waals surface area contributed by atoms with E-state index in [-0.39, 0.29) is 5.75 Å². The van der Waals surface area contributed by atoms with Gasteiger partial charge in [0.2, 0.25) is 0 Å². The number of rotatable bonds is 11. The van der Waals surface area contributed by atoms with Gasteiger partial charge in [0.1, 0.15) is 5.75 Å². The summed E-state index contributed by atoms with van der Waals surface area (Å²) in [6.45, 7) is 0.373.